The number of thiophene rings is 1. The highest BCUT2D eigenvalue weighted by Gasteiger charge is 2.15. The number of carbonyl (C=O) groups excluding carboxylic acids is 1. The van der Waals surface area contributed by atoms with Gasteiger partial charge in [-0.1, -0.05) is 23.9 Å². The lowest BCUT2D eigenvalue weighted by molar-refractivity contribution is -0.128. The van der Waals surface area contributed by atoms with Crippen LogP contribution >= 0.6 is 23.1 Å². The molecule has 0 saturated carbocycles. The standard InChI is InChI=1S/C21H24N4O3S2/c1-4-25(13-15-7-9-17(27-2)18(12-15)28-3)20(26)14-30-21-22-19(23-24-21)10-8-16-6-5-11-29-16/h5-12H,4,13-14H2,1-3H3,(H,22,23,24)/b10-8+. The molecule has 0 spiro atoms. The zero-order valence-corrected chi connectivity index (χ0v) is 18.8. The topological polar surface area (TPSA) is 80.3 Å². The normalized spacial score (nSPS) is 11.0. The number of aromatic nitrogens is 3. The second-order valence-corrected chi connectivity index (χ2v) is 8.16. The summed E-state index contributed by atoms with van der Waals surface area (Å²) in [6, 6.07) is 9.71. The molecule has 0 aliphatic rings. The van der Waals surface area contributed by atoms with Crippen LogP contribution in [0, 0.1) is 0 Å². The summed E-state index contributed by atoms with van der Waals surface area (Å²) in [5.41, 5.74) is 0.978. The number of H-pyrrole nitrogens is 1. The number of thioether (sulfide) groups is 1. The Labute approximate surface area is 184 Å². The van der Waals surface area contributed by atoms with E-state index in [4.69, 9.17) is 9.47 Å². The number of ether oxygens (including phenoxy) is 2. The lowest BCUT2D eigenvalue weighted by Gasteiger charge is -2.21. The Balaban J connectivity index is 1.55. The number of aromatic amines is 1. The Kier molecular flexibility index (Phi) is 7.92. The molecule has 9 heteroatoms. The third-order valence-corrected chi connectivity index (χ3v) is 5.98. The Morgan fingerprint density at radius 1 is 1.23 bits per heavy atom. The van der Waals surface area contributed by atoms with Crippen LogP contribution in [0.5, 0.6) is 11.5 Å². The van der Waals surface area contributed by atoms with Crippen LogP contribution in [0.25, 0.3) is 12.2 Å². The van der Waals surface area contributed by atoms with Crippen LogP contribution in [-0.2, 0) is 11.3 Å². The quantitative estimate of drug-likeness (QED) is 0.472. The molecule has 1 N–H and O–H groups in total. The van der Waals surface area contributed by atoms with Gasteiger partial charge in [0.1, 0.15) is 5.82 Å². The van der Waals surface area contributed by atoms with Crippen LogP contribution < -0.4 is 9.47 Å². The first-order valence-corrected chi connectivity index (χ1v) is 11.2. The molecule has 7 nitrogen and oxygen atoms in total. The Hall–Kier alpha value is -2.78. The SMILES string of the molecule is CCN(Cc1ccc(OC)c(OC)c1)C(=O)CSc1n[nH]c(/C=C/c2cccs2)n1. The Morgan fingerprint density at radius 3 is 2.77 bits per heavy atom. The summed E-state index contributed by atoms with van der Waals surface area (Å²) in [5, 5.41) is 9.63. The molecule has 2 aromatic heterocycles. The number of nitrogens with one attached hydrogen (secondary N) is 1. The highest BCUT2D eigenvalue weighted by atomic mass is 32.2. The van der Waals surface area contributed by atoms with Gasteiger partial charge in [-0.05, 0) is 48.2 Å². The highest BCUT2D eigenvalue weighted by Crippen LogP contribution is 2.28. The van der Waals surface area contributed by atoms with E-state index in [9.17, 15) is 4.79 Å². The van der Waals surface area contributed by atoms with Gasteiger partial charge in [-0.2, -0.15) is 0 Å². The fourth-order valence-corrected chi connectivity index (χ4v) is 4.06. The number of hydrogen-bond acceptors (Lipinski definition) is 7. The van der Waals surface area contributed by atoms with E-state index in [1.807, 2.05) is 54.8 Å². The number of hydrogen-bond donors (Lipinski definition) is 1. The predicted molar refractivity (Wildman–Crippen MR) is 121 cm³/mol. The van der Waals surface area contributed by atoms with Gasteiger partial charge in [-0.3, -0.25) is 9.89 Å². The summed E-state index contributed by atoms with van der Waals surface area (Å²) in [5.74, 6) is 2.28. The van der Waals surface area contributed by atoms with Crippen molar-refractivity contribution >= 4 is 41.2 Å². The molecule has 0 saturated heterocycles. The van der Waals surface area contributed by atoms with Crippen LogP contribution in [0.3, 0.4) is 0 Å². The molecule has 158 valence electrons. The second kappa shape index (κ2) is 10.8. The van der Waals surface area contributed by atoms with Crippen molar-refractivity contribution in [1.82, 2.24) is 20.1 Å². The van der Waals surface area contributed by atoms with E-state index in [-0.39, 0.29) is 11.7 Å². The first-order chi connectivity index (χ1) is 14.6. The molecule has 3 aromatic rings. The summed E-state index contributed by atoms with van der Waals surface area (Å²) in [6.07, 6.45) is 3.85. The highest BCUT2D eigenvalue weighted by molar-refractivity contribution is 7.99. The molecular weight excluding hydrogens is 420 g/mol. The molecule has 1 aromatic carbocycles. The lowest BCUT2D eigenvalue weighted by atomic mass is 10.2. The van der Waals surface area contributed by atoms with Gasteiger partial charge in [0.2, 0.25) is 11.1 Å². The van der Waals surface area contributed by atoms with Crippen LogP contribution in [-0.4, -0.2) is 52.5 Å². The Morgan fingerprint density at radius 2 is 2.07 bits per heavy atom. The first-order valence-electron chi connectivity index (χ1n) is 9.38. The van der Waals surface area contributed by atoms with Gasteiger partial charge in [0.05, 0.1) is 20.0 Å². The number of rotatable bonds is 10. The van der Waals surface area contributed by atoms with E-state index < -0.39 is 0 Å². The van der Waals surface area contributed by atoms with Crippen molar-refractivity contribution in [2.45, 2.75) is 18.6 Å². The molecule has 1 amide bonds. The van der Waals surface area contributed by atoms with E-state index in [1.54, 1.807) is 30.5 Å². The van der Waals surface area contributed by atoms with E-state index in [0.717, 1.165) is 10.4 Å². The molecule has 2 heterocycles. The van der Waals surface area contributed by atoms with Gasteiger partial charge in [-0.15, -0.1) is 16.4 Å². The fourth-order valence-electron chi connectivity index (χ4n) is 2.74. The smallest absolute Gasteiger partial charge is 0.233 e. The molecule has 0 aliphatic heterocycles. The van der Waals surface area contributed by atoms with Gasteiger partial charge in [-0.25, -0.2) is 4.98 Å². The van der Waals surface area contributed by atoms with Gasteiger partial charge in [0.25, 0.3) is 0 Å². The number of benzene rings is 1. The van der Waals surface area contributed by atoms with Crippen LogP contribution in [0.2, 0.25) is 0 Å². The van der Waals surface area contributed by atoms with Gasteiger partial charge in [0.15, 0.2) is 11.5 Å². The molecule has 0 aliphatic carbocycles. The average molecular weight is 445 g/mol. The van der Waals surface area contributed by atoms with Crippen molar-refractivity contribution in [3.05, 3.63) is 52.0 Å². The summed E-state index contributed by atoms with van der Waals surface area (Å²) in [6.45, 7) is 3.07. The maximum Gasteiger partial charge on any atom is 0.233 e. The predicted octanol–water partition coefficient (Wildman–Crippen LogP) is 4.19. The molecule has 30 heavy (non-hydrogen) atoms. The molecule has 0 atom stereocenters. The molecule has 3 rings (SSSR count). The number of nitrogens with zero attached hydrogens (tertiary/aromatic N) is 3. The minimum Gasteiger partial charge on any atom is -0.493 e. The van der Waals surface area contributed by atoms with Crippen molar-refractivity contribution in [1.29, 1.82) is 0 Å². The van der Waals surface area contributed by atoms with Crippen molar-refractivity contribution < 1.29 is 14.3 Å². The van der Waals surface area contributed by atoms with E-state index in [2.05, 4.69) is 15.2 Å². The summed E-state index contributed by atoms with van der Waals surface area (Å²) >= 11 is 2.97. The van der Waals surface area contributed by atoms with E-state index in [0.29, 0.717) is 35.6 Å². The number of amides is 1. The maximum absolute atomic E-state index is 12.7. The third-order valence-electron chi connectivity index (χ3n) is 4.31. The molecular formula is C21H24N4O3S2. The van der Waals surface area contributed by atoms with Crippen LogP contribution in [0.15, 0.2) is 40.9 Å². The van der Waals surface area contributed by atoms with Gasteiger partial charge < -0.3 is 14.4 Å². The van der Waals surface area contributed by atoms with Gasteiger partial charge in [0, 0.05) is 18.0 Å². The fraction of sp³-hybridized carbons (Fsp3) is 0.286. The zero-order chi connectivity index (χ0) is 21.3. The molecule has 0 unspecified atom stereocenters. The second-order valence-electron chi connectivity index (χ2n) is 6.24. The number of carbonyl (C=O) groups is 1. The Bertz CT molecular complexity index is 986. The van der Waals surface area contributed by atoms with E-state index in [1.165, 1.54) is 11.8 Å². The monoisotopic (exact) mass is 444 g/mol. The lowest BCUT2D eigenvalue weighted by Crippen LogP contribution is -2.31. The van der Waals surface area contributed by atoms with Crippen LogP contribution in [0.1, 0.15) is 23.2 Å². The minimum atomic E-state index is 0.0257. The third kappa shape index (κ3) is 5.87. The maximum atomic E-state index is 12.7. The number of methoxy groups -OCH3 is 2. The van der Waals surface area contributed by atoms with E-state index >= 15 is 0 Å². The first kappa shape index (κ1) is 21.9. The average Bonchev–Trinajstić information content (AvgIpc) is 3.46. The summed E-state index contributed by atoms with van der Waals surface area (Å²) in [4.78, 5) is 20.0. The molecule has 0 fully saturated rings. The van der Waals surface area contributed by atoms with Crippen molar-refractivity contribution in [2.75, 3.05) is 26.5 Å². The van der Waals surface area contributed by atoms with Crippen LogP contribution in [0.4, 0.5) is 0 Å². The molecule has 0 radical (unpaired) electrons. The molecule has 0 bridgehead atoms. The van der Waals surface area contributed by atoms with Crippen molar-refractivity contribution in [3.8, 4) is 11.5 Å². The van der Waals surface area contributed by atoms with Crippen molar-refractivity contribution in [2.24, 2.45) is 0 Å². The van der Waals surface area contributed by atoms with Gasteiger partial charge >= 0.3 is 0 Å². The zero-order valence-electron chi connectivity index (χ0n) is 17.1. The summed E-state index contributed by atoms with van der Waals surface area (Å²) < 4.78 is 10.6. The van der Waals surface area contributed by atoms with Crippen molar-refractivity contribution in [3.63, 3.8) is 0 Å². The largest absolute Gasteiger partial charge is 0.493 e. The minimum absolute atomic E-state index is 0.0257. The summed E-state index contributed by atoms with van der Waals surface area (Å²) in [7, 11) is 3.20.